The third kappa shape index (κ3) is 3.94. The summed E-state index contributed by atoms with van der Waals surface area (Å²) in [4.78, 5) is 34.1. The van der Waals surface area contributed by atoms with Gasteiger partial charge >= 0.3 is 17.9 Å². The minimum atomic E-state index is -1.26. The fourth-order valence-electron chi connectivity index (χ4n) is 1.98. The van der Waals surface area contributed by atoms with E-state index in [0.717, 1.165) is 5.56 Å². The lowest BCUT2D eigenvalue weighted by Crippen LogP contribution is -2.41. The number of carbonyl (C=O) groups excluding carboxylic acids is 2. The van der Waals surface area contributed by atoms with Gasteiger partial charge in [0.05, 0.1) is 0 Å². The van der Waals surface area contributed by atoms with E-state index >= 15 is 0 Å². The number of aryl methyl sites for hydroxylation is 1. The maximum atomic E-state index is 11.8. The number of hydrogen-bond acceptors (Lipinski definition) is 5. The monoisotopic (exact) mass is 304 g/mol. The van der Waals surface area contributed by atoms with Crippen molar-refractivity contribution < 1.29 is 29.0 Å². The Hall–Kier alpha value is -2.63. The molecule has 0 saturated carbocycles. The van der Waals surface area contributed by atoms with Crippen LogP contribution in [0.4, 0.5) is 0 Å². The topological polar surface area (TPSA) is 89.9 Å². The van der Waals surface area contributed by atoms with E-state index in [1.165, 1.54) is 19.9 Å². The third-order valence-corrected chi connectivity index (χ3v) is 3.04. The number of ether oxygens (including phenoxy) is 2. The summed E-state index contributed by atoms with van der Waals surface area (Å²) in [6, 6.07) is 6.90. The summed E-state index contributed by atoms with van der Waals surface area (Å²) in [5.41, 5.74) is 1.32. The van der Waals surface area contributed by atoms with Crippen LogP contribution in [0.5, 0.6) is 0 Å². The molecule has 1 aromatic rings. The highest BCUT2D eigenvalue weighted by atomic mass is 16.7. The normalized spacial score (nSPS) is 16.7. The van der Waals surface area contributed by atoms with Gasteiger partial charge < -0.3 is 14.6 Å². The number of rotatable bonds is 4. The summed E-state index contributed by atoms with van der Waals surface area (Å²) in [7, 11) is 0. The Morgan fingerprint density at radius 1 is 1.14 bits per heavy atom. The standard InChI is InChI=1S/C16H16O6/c1-16(2)21-14(19)12(15(20)22-16)9-11-5-3-10(4-6-11)7-8-13(17)18/h3-6,9H,7-8H2,1-2H3,(H,17,18). The van der Waals surface area contributed by atoms with Crippen molar-refractivity contribution in [2.24, 2.45) is 0 Å². The summed E-state index contributed by atoms with van der Waals surface area (Å²) < 4.78 is 10.0. The number of carbonyl (C=O) groups is 3. The van der Waals surface area contributed by atoms with Crippen molar-refractivity contribution in [1.29, 1.82) is 0 Å². The molecule has 1 aliphatic rings. The second-order valence-electron chi connectivity index (χ2n) is 5.37. The SMILES string of the molecule is CC1(C)OC(=O)C(=Cc2ccc(CCC(=O)O)cc2)C(=O)O1. The molecule has 1 aromatic carbocycles. The van der Waals surface area contributed by atoms with E-state index in [0.29, 0.717) is 12.0 Å². The lowest BCUT2D eigenvalue weighted by molar-refractivity contribution is -0.222. The van der Waals surface area contributed by atoms with Crippen LogP contribution < -0.4 is 0 Å². The molecule has 1 heterocycles. The van der Waals surface area contributed by atoms with E-state index in [4.69, 9.17) is 14.6 Å². The second-order valence-corrected chi connectivity index (χ2v) is 5.37. The Bertz CT molecular complexity index is 617. The number of carboxylic acids is 1. The molecule has 0 aliphatic carbocycles. The summed E-state index contributed by atoms with van der Waals surface area (Å²) >= 11 is 0. The van der Waals surface area contributed by atoms with E-state index < -0.39 is 23.7 Å². The molecule has 0 spiro atoms. The first-order chi connectivity index (χ1) is 10.3. The maximum absolute atomic E-state index is 11.8. The fourth-order valence-corrected chi connectivity index (χ4v) is 1.98. The molecule has 1 N–H and O–H groups in total. The van der Waals surface area contributed by atoms with Crippen molar-refractivity contribution in [2.45, 2.75) is 32.5 Å². The molecule has 0 amide bonds. The van der Waals surface area contributed by atoms with Gasteiger partial charge in [-0.25, -0.2) is 9.59 Å². The molecule has 116 valence electrons. The molecular formula is C16H16O6. The second kappa shape index (κ2) is 6.01. The smallest absolute Gasteiger partial charge is 0.348 e. The van der Waals surface area contributed by atoms with Gasteiger partial charge in [0.15, 0.2) is 0 Å². The number of carboxylic acid groups (broad SMARTS) is 1. The highest BCUT2D eigenvalue weighted by Crippen LogP contribution is 2.24. The first kappa shape index (κ1) is 15.8. The number of benzene rings is 1. The van der Waals surface area contributed by atoms with Crippen molar-refractivity contribution in [3.05, 3.63) is 41.0 Å². The van der Waals surface area contributed by atoms with Gasteiger partial charge in [-0.3, -0.25) is 4.79 Å². The van der Waals surface area contributed by atoms with Crippen LogP contribution in [-0.2, 0) is 30.3 Å². The molecule has 0 radical (unpaired) electrons. The van der Waals surface area contributed by atoms with Crippen LogP contribution in [0.3, 0.4) is 0 Å². The van der Waals surface area contributed by atoms with E-state index in [1.807, 2.05) is 0 Å². The Morgan fingerprint density at radius 3 is 2.18 bits per heavy atom. The van der Waals surface area contributed by atoms with Crippen molar-refractivity contribution in [2.75, 3.05) is 0 Å². The van der Waals surface area contributed by atoms with Crippen molar-refractivity contribution in [3.8, 4) is 0 Å². The van der Waals surface area contributed by atoms with Crippen molar-refractivity contribution in [3.63, 3.8) is 0 Å². The Labute approximate surface area is 127 Å². The molecule has 22 heavy (non-hydrogen) atoms. The molecule has 1 fully saturated rings. The van der Waals surface area contributed by atoms with Gasteiger partial charge in [0.1, 0.15) is 5.57 Å². The number of cyclic esters (lactones) is 2. The van der Waals surface area contributed by atoms with Crippen LogP contribution in [0.25, 0.3) is 6.08 Å². The molecule has 0 bridgehead atoms. The van der Waals surface area contributed by atoms with Gasteiger partial charge in [-0.15, -0.1) is 0 Å². The number of hydrogen-bond donors (Lipinski definition) is 1. The van der Waals surface area contributed by atoms with E-state index in [2.05, 4.69) is 0 Å². The van der Waals surface area contributed by atoms with Gasteiger partial charge in [0.25, 0.3) is 5.79 Å². The number of aliphatic carboxylic acids is 1. The van der Waals surface area contributed by atoms with Crippen LogP contribution in [0.2, 0.25) is 0 Å². The Kier molecular flexibility index (Phi) is 4.30. The summed E-state index contributed by atoms with van der Waals surface area (Å²) in [6.45, 7) is 2.97. The van der Waals surface area contributed by atoms with Crippen LogP contribution in [0, 0.1) is 0 Å². The Balaban J connectivity index is 2.14. The largest absolute Gasteiger partial charge is 0.481 e. The van der Waals surface area contributed by atoms with Gasteiger partial charge in [0, 0.05) is 20.3 Å². The minimum Gasteiger partial charge on any atom is -0.481 e. The highest BCUT2D eigenvalue weighted by molar-refractivity contribution is 6.18. The van der Waals surface area contributed by atoms with E-state index in [1.54, 1.807) is 24.3 Å². The molecule has 0 unspecified atom stereocenters. The van der Waals surface area contributed by atoms with Gasteiger partial charge in [-0.05, 0) is 23.6 Å². The highest BCUT2D eigenvalue weighted by Gasteiger charge is 2.38. The first-order valence-electron chi connectivity index (χ1n) is 6.76. The van der Waals surface area contributed by atoms with E-state index in [9.17, 15) is 14.4 Å². The molecule has 2 rings (SSSR count). The van der Waals surface area contributed by atoms with Gasteiger partial charge in [-0.1, -0.05) is 24.3 Å². The zero-order valence-electron chi connectivity index (χ0n) is 12.3. The van der Waals surface area contributed by atoms with Crippen molar-refractivity contribution in [1.82, 2.24) is 0 Å². The summed E-state index contributed by atoms with van der Waals surface area (Å²) in [5, 5.41) is 8.63. The summed E-state index contributed by atoms with van der Waals surface area (Å²) in [6.07, 6.45) is 1.86. The predicted octanol–water partition coefficient (Wildman–Crippen LogP) is 1.92. The van der Waals surface area contributed by atoms with Crippen LogP contribution in [0.1, 0.15) is 31.4 Å². The zero-order valence-corrected chi connectivity index (χ0v) is 12.3. The van der Waals surface area contributed by atoms with Gasteiger partial charge in [-0.2, -0.15) is 0 Å². The maximum Gasteiger partial charge on any atom is 0.348 e. The van der Waals surface area contributed by atoms with Crippen LogP contribution in [-0.4, -0.2) is 28.8 Å². The Morgan fingerprint density at radius 2 is 1.68 bits per heavy atom. The summed E-state index contributed by atoms with van der Waals surface area (Å²) in [5.74, 6) is -3.57. The molecule has 0 atom stereocenters. The molecule has 1 aliphatic heterocycles. The zero-order chi connectivity index (χ0) is 16.3. The predicted molar refractivity (Wildman–Crippen MR) is 76.6 cm³/mol. The fraction of sp³-hybridized carbons (Fsp3) is 0.312. The molecule has 1 saturated heterocycles. The molecule has 6 heteroatoms. The minimum absolute atomic E-state index is 0.0498. The van der Waals surface area contributed by atoms with E-state index in [-0.39, 0.29) is 12.0 Å². The average molecular weight is 304 g/mol. The molecule has 6 nitrogen and oxygen atoms in total. The first-order valence-corrected chi connectivity index (χ1v) is 6.76. The third-order valence-electron chi connectivity index (χ3n) is 3.04. The van der Waals surface area contributed by atoms with Crippen LogP contribution >= 0.6 is 0 Å². The lowest BCUT2D eigenvalue weighted by atomic mass is 10.1. The van der Waals surface area contributed by atoms with Crippen LogP contribution in [0.15, 0.2) is 29.8 Å². The average Bonchev–Trinajstić information content (AvgIpc) is 2.41. The molecular weight excluding hydrogens is 288 g/mol. The van der Waals surface area contributed by atoms with Gasteiger partial charge in [0.2, 0.25) is 0 Å². The lowest BCUT2D eigenvalue weighted by Gasteiger charge is -2.29. The number of esters is 2. The van der Waals surface area contributed by atoms with Crippen molar-refractivity contribution >= 4 is 24.0 Å². The quantitative estimate of drug-likeness (QED) is 0.519. The molecule has 0 aromatic heterocycles.